The van der Waals surface area contributed by atoms with Crippen LogP contribution in [0.4, 0.5) is 0 Å². The summed E-state index contributed by atoms with van der Waals surface area (Å²) < 4.78 is 0. The molecule has 66 valence electrons. The van der Waals surface area contributed by atoms with Crippen molar-refractivity contribution in [3.63, 3.8) is 0 Å². The van der Waals surface area contributed by atoms with Gasteiger partial charge >= 0.3 is 6.01 Å². The van der Waals surface area contributed by atoms with Crippen molar-refractivity contribution in [2.24, 2.45) is 0 Å². The van der Waals surface area contributed by atoms with E-state index in [1.807, 2.05) is 32.0 Å². The van der Waals surface area contributed by atoms with E-state index in [-0.39, 0.29) is 6.01 Å². The highest BCUT2D eigenvalue weighted by atomic mass is 16.3. The zero-order valence-corrected chi connectivity index (χ0v) is 7.57. The first-order valence-corrected chi connectivity index (χ1v) is 4.11. The average molecular weight is 174 g/mol. The van der Waals surface area contributed by atoms with E-state index in [4.69, 9.17) is 0 Å². The lowest BCUT2D eigenvalue weighted by molar-refractivity contribution is 0.432. The number of rotatable bonds is 0. The molecule has 0 spiro atoms. The number of nitrogens with zero attached hydrogens (tertiary/aromatic N) is 2. The summed E-state index contributed by atoms with van der Waals surface area (Å²) in [6.45, 7) is 3.88. The Labute approximate surface area is 76.1 Å². The highest BCUT2D eigenvalue weighted by Crippen LogP contribution is 2.20. The van der Waals surface area contributed by atoms with Gasteiger partial charge in [-0.25, -0.2) is 4.98 Å². The lowest BCUT2D eigenvalue weighted by Gasteiger charge is -2.03. The predicted octanol–water partition coefficient (Wildman–Crippen LogP) is 1.95. The summed E-state index contributed by atoms with van der Waals surface area (Å²) >= 11 is 0. The number of benzene rings is 1. The summed E-state index contributed by atoms with van der Waals surface area (Å²) in [5.74, 6) is 0. The molecule has 1 aromatic carbocycles. The van der Waals surface area contributed by atoms with E-state index in [9.17, 15) is 5.11 Å². The molecule has 0 aliphatic carbocycles. The van der Waals surface area contributed by atoms with Gasteiger partial charge in [0.1, 0.15) is 0 Å². The maximum absolute atomic E-state index is 9.18. The standard InChI is InChI=1S/C10H10N2O/c1-6-4-3-5-8-9(6)7(2)11-10(13)12-8/h3-5H,1-2H3,(H,11,12,13). The maximum Gasteiger partial charge on any atom is 0.314 e. The minimum atomic E-state index is -0.157. The zero-order chi connectivity index (χ0) is 9.42. The lowest BCUT2D eigenvalue weighted by atomic mass is 10.1. The third-order valence-corrected chi connectivity index (χ3v) is 2.10. The fourth-order valence-corrected chi connectivity index (χ4v) is 1.55. The summed E-state index contributed by atoms with van der Waals surface area (Å²) in [5.41, 5.74) is 2.75. The molecule has 0 bridgehead atoms. The van der Waals surface area contributed by atoms with Gasteiger partial charge in [0.25, 0.3) is 0 Å². The Morgan fingerprint density at radius 2 is 1.92 bits per heavy atom. The molecule has 13 heavy (non-hydrogen) atoms. The number of aromatic nitrogens is 2. The second kappa shape index (κ2) is 2.69. The summed E-state index contributed by atoms with van der Waals surface area (Å²) in [7, 11) is 0. The second-order valence-corrected chi connectivity index (χ2v) is 3.08. The summed E-state index contributed by atoms with van der Waals surface area (Å²) in [6.07, 6.45) is 0. The first kappa shape index (κ1) is 7.98. The molecule has 0 atom stereocenters. The van der Waals surface area contributed by atoms with E-state index >= 15 is 0 Å². The molecule has 2 aromatic rings. The minimum absolute atomic E-state index is 0.157. The highest BCUT2D eigenvalue weighted by molar-refractivity contribution is 5.84. The molecule has 1 aromatic heterocycles. The van der Waals surface area contributed by atoms with Crippen LogP contribution in [0.3, 0.4) is 0 Å². The van der Waals surface area contributed by atoms with Crippen LogP contribution in [0.5, 0.6) is 6.01 Å². The van der Waals surface area contributed by atoms with Crippen LogP contribution in [0.1, 0.15) is 11.3 Å². The van der Waals surface area contributed by atoms with Gasteiger partial charge in [-0.3, -0.25) is 0 Å². The fourth-order valence-electron chi connectivity index (χ4n) is 1.55. The van der Waals surface area contributed by atoms with Crippen molar-refractivity contribution in [2.75, 3.05) is 0 Å². The van der Waals surface area contributed by atoms with Crippen LogP contribution in [-0.4, -0.2) is 15.1 Å². The van der Waals surface area contributed by atoms with Crippen molar-refractivity contribution in [1.29, 1.82) is 0 Å². The number of hydrogen-bond donors (Lipinski definition) is 1. The van der Waals surface area contributed by atoms with Gasteiger partial charge in [-0.15, -0.1) is 0 Å². The molecule has 1 N–H and O–H groups in total. The molecule has 0 fully saturated rings. The number of hydrogen-bond acceptors (Lipinski definition) is 3. The minimum Gasteiger partial charge on any atom is -0.479 e. The Bertz CT molecular complexity index is 466. The number of fused-ring (bicyclic) bond motifs is 1. The van der Waals surface area contributed by atoms with E-state index in [0.717, 1.165) is 22.2 Å². The van der Waals surface area contributed by atoms with Crippen molar-refractivity contribution in [3.8, 4) is 6.01 Å². The van der Waals surface area contributed by atoms with Gasteiger partial charge in [-0.1, -0.05) is 12.1 Å². The Morgan fingerprint density at radius 3 is 2.69 bits per heavy atom. The molecule has 0 amide bonds. The fraction of sp³-hybridized carbons (Fsp3) is 0.200. The Hall–Kier alpha value is -1.64. The van der Waals surface area contributed by atoms with Gasteiger partial charge in [-0.05, 0) is 25.5 Å². The topological polar surface area (TPSA) is 46.0 Å². The van der Waals surface area contributed by atoms with Gasteiger partial charge in [0.2, 0.25) is 0 Å². The second-order valence-electron chi connectivity index (χ2n) is 3.08. The molecular formula is C10H10N2O. The summed E-state index contributed by atoms with van der Waals surface area (Å²) in [5, 5.41) is 10.2. The molecule has 3 nitrogen and oxygen atoms in total. The molecule has 2 rings (SSSR count). The van der Waals surface area contributed by atoms with Crippen LogP contribution < -0.4 is 0 Å². The van der Waals surface area contributed by atoms with Crippen molar-refractivity contribution in [3.05, 3.63) is 29.5 Å². The number of aryl methyl sites for hydroxylation is 2. The van der Waals surface area contributed by atoms with E-state index in [2.05, 4.69) is 9.97 Å². The summed E-state index contributed by atoms with van der Waals surface area (Å²) in [4.78, 5) is 7.85. The molecule has 1 heterocycles. The highest BCUT2D eigenvalue weighted by Gasteiger charge is 2.04. The van der Waals surface area contributed by atoms with Crippen LogP contribution >= 0.6 is 0 Å². The van der Waals surface area contributed by atoms with Crippen LogP contribution in [0.15, 0.2) is 18.2 Å². The molecule has 0 saturated carbocycles. The van der Waals surface area contributed by atoms with Crippen molar-refractivity contribution in [2.45, 2.75) is 13.8 Å². The van der Waals surface area contributed by atoms with E-state index < -0.39 is 0 Å². The third-order valence-electron chi connectivity index (χ3n) is 2.10. The molecule has 0 aliphatic rings. The van der Waals surface area contributed by atoms with Gasteiger partial charge in [0, 0.05) is 5.39 Å². The Kier molecular flexibility index (Phi) is 1.65. The number of aromatic hydroxyl groups is 1. The molecule has 0 saturated heterocycles. The summed E-state index contributed by atoms with van der Waals surface area (Å²) in [6, 6.07) is 5.64. The van der Waals surface area contributed by atoms with Crippen LogP contribution in [0, 0.1) is 13.8 Å². The largest absolute Gasteiger partial charge is 0.479 e. The normalized spacial score (nSPS) is 10.6. The predicted molar refractivity (Wildman–Crippen MR) is 50.7 cm³/mol. The zero-order valence-electron chi connectivity index (χ0n) is 7.57. The smallest absolute Gasteiger partial charge is 0.314 e. The van der Waals surface area contributed by atoms with E-state index in [0.29, 0.717) is 0 Å². The van der Waals surface area contributed by atoms with Gasteiger partial charge in [0.15, 0.2) is 0 Å². The van der Waals surface area contributed by atoms with Crippen LogP contribution in [-0.2, 0) is 0 Å². The van der Waals surface area contributed by atoms with E-state index in [1.165, 1.54) is 0 Å². The van der Waals surface area contributed by atoms with Crippen LogP contribution in [0.2, 0.25) is 0 Å². The third kappa shape index (κ3) is 1.22. The molecule has 3 heteroatoms. The average Bonchev–Trinajstić information content (AvgIpc) is 2.02. The van der Waals surface area contributed by atoms with Crippen molar-refractivity contribution >= 4 is 10.9 Å². The first-order valence-electron chi connectivity index (χ1n) is 4.11. The molecule has 0 radical (unpaired) electrons. The Morgan fingerprint density at radius 1 is 1.15 bits per heavy atom. The van der Waals surface area contributed by atoms with Gasteiger partial charge < -0.3 is 5.11 Å². The SMILES string of the molecule is Cc1cccc2nc(O)nc(C)c12. The lowest BCUT2D eigenvalue weighted by Crippen LogP contribution is -1.90. The van der Waals surface area contributed by atoms with E-state index in [1.54, 1.807) is 0 Å². The monoisotopic (exact) mass is 174 g/mol. The maximum atomic E-state index is 9.18. The van der Waals surface area contributed by atoms with Crippen molar-refractivity contribution in [1.82, 2.24) is 9.97 Å². The van der Waals surface area contributed by atoms with Gasteiger partial charge in [-0.2, -0.15) is 4.98 Å². The first-order chi connectivity index (χ1) is 6.18. The molecule has 0 aliphatic heterocycles. The quantitative estimate of drug-likeness (QED) is 0.664. The molecule has 0 unspecified atom stereocenters. The Balaban J connectivity index is 2.94. The van der Waals surface area contributed by atoms with Crippen LogP contribution in [0.25, 0.3) is 10.9 Å². The van der Waals surface area contributed by atoms with Crippen molar-refractivity contribution < 1.29 is 5.11 Å². The molecular weight excluding hydrogens is 164 g/mol. The van der Waals surface area contributed by atoms with Gasteiger partial charge in [0.05, 0.1) is 11.2 Å².